The summed E-state index contributed by atoms with van der Waals surface area (Å²) in [5.41, 5.74) is 6.09. The smallest absolute Gasteiger partial charge is 0.406 e. The lowest BCUT2D eigenvalue weighted by atomic mass is 10.2. The van der Waals surface area contributed by atoms with E-state index in [1.807, 2.05) is 0 Å². The van der Waals surface area contributed by atoms with Crippen LogP contribution in [0.1, 0.15) is 17.7 Å². The van der Waals surface area contributed by atoms with Crippen LogP contribution in [0.5, 0.6) is 5.75 Å². The van der Waals surface area contributed by atoms with Crippen molar-refractivity contribution in [1.82, 2.24) is 19.9 Å². The number of carbonyl (C=O) groups excluding carboxylic acids is 2. The van der Waals surface area contributed by atoms with E-state index in [1.165, 1.54) is 35.0 Å². The van der Waals surface area contributed by atoms with Gasteiger partial charge in [0.05, 0.1) is 13.0 Å². The SMILES string of the molecule is N/C(=C\N(N)CC(F)CCn1ccc(NC(=O)Cc2ccccn2)cc1=O)C(=O)NCc1cccc(OC(F)(F)F)c1. The normalized spacial score (nSPS) is 12.4. The first-order valence-corrected chi connectivity index (χ1v) is 12.5. The summed E-state index contributed by atoms with van der Waals surface area (Å²) in [5.74, 6) is 4.18. The Morgan fingerprint density at radius 2 is 1.93 bits per heavy atom. The molecule has 0 radical (unpaired) electrons. The number of alkyl halides is 4. The predicted molar refractivity (Wildman–Crippen MR) is 145 cm³/mol. The number of hydrazine groups is 1. The molecule has 11 nitrogen and oxygen atoms in total. The number of benzene rings is 1. The van der Waals surface area contributed by atoms with Crippen molar-refractivity contribution in [2.24, 2.45) is 11.6 Å². The number of halogens is 4. The van der Waals surface area contributed by atoms with Crippen LogP contribution in [0.2, 0.25) is 0 Å². The molecular formula is C27H29F4N7O4. The molecule has 3 aromatic rings. The van der Waals surface area contributed by atoms with Crippen LogP contribution in [0.25, 0.3) is 0 Å². The quantitative estimate of drug-likeness (QED) is 0.102. The van der Waals surface area contributed by atoms with Gasteiger partial charge in [0.25, 0.3) is 11.5 Å². The van der Waals surface area contributed by atoms with Crippen LogP contribution in [-0.2, 0) is 29.1 Å². The van der Waals surface area contributed by atoms with Gasteiger partial charge in [-0.05, 0) is 42.3 Å². The van der Waals surface area contributed by atoms with Crippen LogP contribution in [0.4, 0.5) is 23.2 Å². The lowest BCUT2D eigenvalue weighted by molar-refractivity contribution is -0.274. The molecule has 0 fully saturated rings. The Morgan fingerprint density at radius 1 is 1.14 bits per heavy atom. The molecule has 2 heterocycles. The van der Waals surface area contributed by atoms with E-state index >= 15 is 0 Å². The number of aryl methyl sites for hydroxylation is 1. The minimum Gasteiger partial charge on any atom is -0.406 e. The Kier molecular flexibility index (Phi) is 11.0. The lowest BCUT2D eigenvalue weighted by Gasteiger charge is -2.18. The minimum absolute atomic E-state index is 0.0206. The van der Waals surface area contributed by atoms with Crippen molar-refractivity contribution in [3.8, 4) is 5.75 Å². The molecule has 2 amide bonds. The predicted octanol–water partition coefficient (Wildman–Crippen LogP) is 2.34. The van der Waals surface area contributed by atoms with E-state index in [4.69, 9.17) is 11.6 Å². The second-order valence-corrected chi connectivity index (χ2v) is 9.04. The maximum atomic E-state index is 14.5. The summed E-state index contributed by atoms with van der Waals surface area (Å²) in [5, 5.41) is 5.91. The Hall–Kier alpha value is -4.92. The van der Waals surface area contributed by atoms with Gasteiger partial charge in [0.15, 0.2) is 0 Å². The van der Waals surface area contributed by atoms with Crippen LogP contribution in [0, 0.1) is 0 Å². The molecule has 42 heavy (non-hydrogen) atoms. The second kappa shape index (κ2) is 14.6. The molecule has 0 spiro atoms. The van der Waals surface area contributed by atoms with Gasteiger partial charge in [-0.3, -0.25) is 19.4 Å². The van der Waals surface area contributed by atoms with Crippen molar-refractivity contribution in [2.45, 2.75) is 38.5 Å². The average Bonchev–Trinajstić information content (AvgIpc) is 2.91. The number of nitrogens with two attached hydrogens (primary N) is 2. The highest BCUT2D eigenvalue weighted by Gasteiger charge is 2.31. The van der Waals surface area contributed by atoms with Crippen molar-refractivity contribution in [2.75, 3.05) is 11.9 Å². The first-order chi connectivity index (χ1) is 19.9. The molecule has 6 N–H and O–H groups in total. The number of aromatic nitrogens is 2. The van der Waals surface area contributed by atoms with Gasteiger partial charge in [0.1, 0.15) is 17.6 Å². The molecule has 0 saturated heterocycles. The highest BCUT2D eigenvalue weighted by Crippen LogP contribution is 2.23. The Balaban J connectivity index is 1.43. The molecule has 1 unspecified atom stereocenters. The number of nitrogens with zero attached hydrogens (tertiary/aromatic N) is 3. The first kappa shape index (κ1) is 31.6. The number of carbonyl (C=O) groups is 2. The third kappa shape index (κ3) is 10.9. The van der Waals surface area contributed by atoms with Gasteiger partial charge in [-0.2, -0.15) is 0 Å². The van der Waals surface area contributed by atoms with E-state index in [1.54, 1.807) is 24.4 Å². The number of nitrogens with one attached hydrogen (secondary N) is 2. The zero-order valence-corrected chi connectivity index (χ0v) is 22.2. The van der Waals surface area contributed by atoms with Crippen molar-refractivity contribution < 1.29 is 31.9 Å². The molecule has 3 rings (SSSR count). The van der Waals surface area contributed by atoms with E-state index in [9.17, 15) is 31.9 Å². The van der Waals surface area contributed by atoms with E-state index in [0.29, 0.717) is 16.9 Å². The summed E-state index contributed by atoms with van der Waals surface area (Å²) in [7, 11) is 0. The largest absolute Gasteiger partial charge is 0.573 e. The van der Waals surface area contributed by atoms with Crippen molar-refractivity contribution >= 4 is 17.5 Å². The zero-order chi connectivity index (χ0) is 30.7. The summed E-state index contributed by atoms with van der Waals surface area (Å²) in [4.78, 5) is 40.9. The Labute approximate surface area is 237 Å². The van der Waals surface area contributed by atoms with Gasteiger partial charge in [-0.25, -0.2) is 10.2 Å². The van der Waals surface area contributed by atoms with E-state index < -0.39 is 29.7 Å². The molecule has 1 atom stereocenters. The topological polar surface area (TPSA) is 158 Å². The first-order valence-electron chi connectivity index (χ1n) is 12.5. The minimum atomic E-state index is -4.85. The third-order valence-electron chi connectivity index (χ3n) is 5.59. The highest BCUT2D eigenvalue weighted by atomic mass is 19.4. The molecule has 1 aromatic carbocycles. The number of anilines is 1. The lowest BCUT2D eigenvalue weighted by Crippen LogP contribution is -2.36. The van der Waals surface area contributed by atoms with Crippen LogP contribution in [0.3, 0.4) is 0 Å². The van der Waals surface area contributed by atoms with E-state index in [0.717, 1.165) is 23.3 Å². The molecular weight excluding hydrogens is 562 g/mol. The van der Waals surface area contributed by atoms with Crippen LogP contribution in [0.15, 0.2) is 83.7 Å². The molecule has 0 saturated carbocycles. The van der Waals surface area contributed by atoms with Gasteiger partial charge < -0.3 is 30.7 Å². The number of rotatable bonds is 13. The van der Waals surface area contributed by atoms with Crippen LogP contribution in [-0.4, -0.2) is 45.5 Å². The molecule has 0 aliphatic carbocycles. The summed E-state index contributed by atoms with van der Waals surface area (Å²) in [6.45, 7) is -0.478. The van der Waals surface area contributed by atoms with Crippen molar-refractivity contribution in [3.05, 3.63) is 100 Å². The number of hydrogen-bond donors (Lipinski definition) is 4. The van der Waals surface area contributed by atoms with Gasteiger partial charge in [0, 0.05) is 49.1 Å². The fourth-order valence-electron chi connectivity index (χ4n) is 3.67. The number of pyridine rings is 2. The van der Waals surface area contributed by atoms with Crippen LogP contribution < -0.4 is 32.5 Å². The number of ether oxygens (including phenoxy) is 1. The average molecular weight is 592 g/mol. The third-order valence-corrected chi connectivity index (χ3v) is 5.59. The molecule has 0 bridgehead atoms. The van der Waals surface area contributed by atoms with Crippen molar-refractivity contribution in [1.29, 1.82) is 0 Å². The fraction of sp³-hybridized carbons (Fsp3) is 0.259. The fourth-order valence-corrected chi connectivity index (χ4v) is 3.67. The molecule has 224 valence electrons. The van der Waals surface area contributed by atoms with Gasteiger partial charge >= 0.3 is 6.36 Å². The maximum Gasteiger partial charge on any atom is 0.573 e. The second-order valence-electron chi connectivity index (χ2n) is 9.04. The van der Waals surface area contributed by atoms with E-state index in [2.05, 4.69) is 20.4 Å². The number of hydrogen-bond acceptors (Lipinski definition) is 8. The molecule has 15 heteroatoms. The molecule has 0 aliphatic heterocycles. The Morgan fingerprint density at radius 3 is 2.62 bits per heavy atom. The maximum absolute atomic E-state index is 14.5. The summed E-state index contributed by atoms with van der Waals surface area (Å²) < 4.78 is 56.8. The van der Waals surface area contributed by atoms with E-state index in [-0.39, 0.29) is 44.1 Å². The monoisotopic (exact) mass is 591 g/mol. The summed E-state index contributed by atoms with van der Waals surface area (Å²) in [6, 6.07) is 13.0. The standard InChI is InChI=1S/C27H29F4N7O4/c28-19(7-10-37-11-8-21(14-25(37)40)36-24(39)13-20-5-1-2-9-34-20)16-38(33)17-23(32)26(41)35-15-18-4-3-6-22(12-18)42-27(29,30)31/h1-6,8-9,11-12,14,17,19H,7,10,13,15-16,32-33H2,(H,35,41)(H,36,39)/b23-17-. The van der Waals surface area contributed by atoms with Gasteiger partial charge in [-0.15, -0.1) is 13.2 Å². The number of amides is 2. The molecule has 0 aliphatic rings. The van der Waals surface area contributed by atoms with Gasteiger partial charge in [-0.1, -0.05) is 18.2 Å². The highest BCUT2D eigenvalue weighted by molar-refractivity contribution is 5.92. The summed E-state index contributed by atoms with van der Waals surface area (Å²) >= 11 is 0. The Bertz CT molecular complexity index is 1450. The van der Waals surface area contributed by atoms with Crippen LogP contribution >= 0.6 is 0 Å². The molecule has 2 aromatic heterocycles. The van der Waals surface area contributed by atoms with Gasteiger partial charge in [0.2, 0.25) is 5.91 Å². The van der Waals surface area contributed by atoms with Crippen molar-refractivity contribution in [3.63, 3.8) is 0 Å². The zero-order valence-electron chi connectivity index (χ0n) is 22.2. The summed E-state index contributed by atoms with van der Waals surface area (Å²) in [6.07, 6.45) is -2.38.